The molecule has 2 rings (SSSR count). The summed E-state index contributed by atoms with van der Waals surface area (Å²) >= 11 is 0. The van der Waals surface area contributed by atoms with Gasteiger partial charge in [-0.3, -0.25) is 9.69 Å². The van der Waals surface area contributed by atoms with E-state index in [1.807, 2.05) is 18.9 Å². The SMILES string of the molecule is CCOCC(=O)N1CC[C@@](O)(CN(C)Cc2ccc(F)cc2)C1. The third-order valence-corrected chi connectivity index (χ3v) is 4.04. The molecule has 1 amide bonds. The van der Waals surface area contributed by atoms with E-state index in [1.54, 1.807) is 17.0 Å². The van der Waals surface area contributed by atoms with Gasteiger partial charge < -0.3 is 14.7 Å². The molecule has 0 aliphatic carbocycles. The van der Waals surface area contributed by atoms with Crippen LogP contribution in [0.2, 0.25) is 0 Å². The van der Waals surface area contributed by atoms with E-state index in [-0.39, 0.29) is 18.3 Å². The third kappa shape index (κ3) is 5.27. The first-order valence-electron chi connectivity index (χ1n) is 7.93. The zero-order valence-electron chi connectivity index (χ0n) is 13.8. The van der Waals surface area contributed by atoms with Gasteiger partial charge in [-0.05, 0) is 38.1 Å². The lowest BCUT2D eigenvalue weighted by atomic mass is 10.0. The van der Waals surface area contributed by atoms with Crippen LogP contribution in [-0.2, 0) is 16.1 Å². The molecule has 0 aromatic heterocycles. The number of aliphatic hydroxyl groups is 1. The maximum Gasteiger partial charge on any atom is 0.248 e. The smallest absolute Gasteiger partial charge is 0.248 e. The van der Waals surface area contributed by atoms with Crippen LogP contribution in [0.1, 0.15) is 18.9 Å². The summed E-state index contributed by atoms with van der Waals surface area (Å²) < 4.78 is 18.1. The molecule has 1 aliphatic rings. The molecule has 1 aliphatic heterocycles. The van der Waals surface area contributed by atoms with Crippen molar-refractivity contribution in [1.29, 1.82) is 0 Å². The van der Waals surface area contributed by atoms with Gasteiger partial charge in [0.25, 0.3) is 0 Å². The largest absolute Gasteiger partial charge is 0.387 e. The molecule has 1 heterocycles. The Morgan fingerprint density at radius 3 is 2.78 bits per heavy atom. The van der Waals surface area contributed by atoms with Crippen LogP contribution in [0, 0.1) is 5.82 Å². The van der Waals surface area contributed by atoms with Crippen LogP contribution in [-0.4, -0.2) is 66.3 Å². The molecule has 1 aromatic carbocycles. The van der Waals surface area contributed by atoms with Crippen molar-refractivity contribution >= 4 is 5.91 Å². The van der Waals surface area contributed by atoms with Gasteiger partial charge in [-0.2, -0.15) is 0 Å². The summed E-state index contributed by atoms with van der Waals surface area (Å²) in [6.07, 6.45) is 0.554. The molecule has 23 heavy (non-hydrogen) atoms. The number of benzene rings is 1. The van der Waals surface area contributed by atoms with E-state index >= 15 is 0 Å². The van der Waals surface area contributed by atoms with E-state index < -0.39 is 5.60 Å². The molecule has 0 spiro atoms. The van der Waals surface area contributed by atoms with Gasteiger partial charge in [0.05, 0.1) is 12.1 Å². The average Bonchev–Trinajstić information content (AvgIpc) is 2.89. The van der Waals surface area contributed by atoms with Crippen molar-refractivity contribution in [3.05, 3.63) is 35.6 Å². The minimum atomic E-state index is -0.906. The Balaban J connectivity index is 1.84. The Hall–Kier alpha value is -1.50. The predicted octanol–water partition coefficient (Wildman–Crippen LogP) is 1.26. The van der Waals surface area contributed by atoms with E-state index in [9.17, 15) is 14.3 Å². The Kier molecular flexibility index (Phi) is 6.10. The van der Waals surface area contributed by atoms with Gasteiger partial charge in [0, 0.05) is 26.2 Å². The Morgan fingerprint density at radius 2 is 2.13 bits per heavy atom. The summed E-state index contributed by atoms with van der Waals surface area (Å²) in [6.45, 7) is 4.37. The maximum atomic E-state index is 12.9. The molecule has 1 fully saturated rings. The first kappa shape index (κ1) is 17.8. The molecule has 1 saturated heterocycles. The summed E-state index contributed by atoms with van der Waals surface area (Å²) in [6, 6.07) is 6.34. The number of hydrogen-bond acceptors (Lipinski definition) is 4. The lowest BCUT2D eigenvalue weighted by molar-refractivity contribution is -0.136. The highest BCUT2D eigenvalue weighted by molar-refractivity contribution is 5.77. The van der Waals surface area contributed by atoms with Crippen LogP contribution in [0.25, 0.3) is 0 Å². The fourth-order valence-electron chi connectivity index (χ4n) is 2.94. The zero-order chi connectivity index (χ0) is 16.9. The molecule has 128 valence electrons. The number of carbonyl (C=O) groups excluding carboxylic acids is 1. The molecule has 1 atom stereocenters. The normalized spacial score (nSPS) is 21.2. The van der Waals surface area contributed by atoms with Crippen LogP contribution in [0.5, 0.6) is 0 Å². The van der Waals surface area contributed by atoms with Gasteiger partial charge in [-0.1, -0.05) is 12.1 Å². The second-order valence-electron chi connectivity index (χ2n) is 6.23. The minimum absolute atomic E-state index is 0.0675. The average molecular weight is 324 g/mol. The summed E-state index contributed by atoms with van der Waals surface area (Å²) in [5, 5.41) is 10.7. The minimum Gasteiger partial charge on any atom is -0.387 e. The summed E-state index contributed by atoms with van der Waals surface area (Å²) in [4.78, 5) is 15.6. The molecule has 6 heteroatoms. The van der Waals surface area contributed by atoms with Crippen molar-refractivity contribution < 1.29 is 19.0 Å². The molecule has 0 unspecified atom stereocenters. The van der Waals surface area contributed by atoms with Gasteiger partial charge in [0.2, 0.25) is 5.91 Å². The highest BCUT2D eigenvalue weighted by atomic mass is 19.1. The van der Waals surface area contributed by atoms with Gasteiger partial charge in [-0.15, -0.1) is 0 Å². The monoisotopic (exact) mass is 324 g/mol. The van der Waals surface area contributed by atoms with Gasteiger partial charge in [0.15, 0.2) is 0 Å². The number of β-amino-alcohol motifs (C(OH)–C–C–N with tert-alkyl or cyclic N) is 1. The summed E-state index contributed by atoms with van der Waals surface area (Å²) in [5.41, 5.74) is 0.0798. The van der Waals surface area contributed by atoms with E-state index in [1.165, 1.54) is 12.1 Å². The number of amides is 1. The van der Waals surface area contributed by atoms with Gasteiger partial charge >= 0.3 is 0 Å². The molecular formula is C17H25FN2O3. The van der Waals surface area contributed by atoms with Crippen LogP contribution in [0.3, 0.4) is 0 Å². The number of likely N-dealkylation sites (tertiary alicyclic amines) is 1. The van der Waals surface area contributed by atoms with E-state index in [2.05, 4.69) is 0 Å². The van der Waals surface area contributed by atoms with Gasteiger partial charge in [0.1, 0.15) is 12.4 Å². The molecule has 0 radical (unpaired) electrons. The summed E-state index contributed by atoms with van der Waals surface area (Å²) in [5.74, 6) is -0.335. The number of rotatable bonds is 7. The lowest BCUT2D eigenvalue weighted by Crippen LogP contribution is -2.44. The summed E-state index contributed by atoms with van der Waals surface area (Å²) in [7, 11) is 1.91. The topological polar surface area (TPSA) is 53.0 Å². The Morgan fingerprint density at radius 1 is 1.43 bits per heavy atom. The predicted molar refractivity (Wildman–Crippen MR) is 85.4 cm³/mol. The highest BCUT2D eigenvalue weighted by Gasteiger charge is 2.38. The number of likely N-dealkylation sites (N-methyl/N-ethyl adjacent to an activating group) is 1. The third-order valence-electron chi connectivity index (χ3n) is 4.04. The second-order valence-corrected chi connectivity index (χ2v) is 6.23. The van der Waals surface area contributed by atoms with E-state index in [4.69, 9.17) is 4.74 Å². The lowest BCUT2D eigenvalue weighted by Gasteiger charge is -2.29. The number of carbonyl (C=O) groups is 1. The van der Waals surface area contributed by atoms with Crippen molar-refractivity contribution in [2.24, 2.45) is 0 Å². The fraction of sp³-hybridized carbons (Fsp3) is 0.588. The number of nitrogens with zero attached hydrogens (tertiary/aromatic N) is 2. The first-order chi connectivity index (χ1) is 10.9. The second kappa shape index (κ2) is 7.86. The van der Waals surface area contributed by atoms with Crippen molar-refractivity contribution in [2.75, 3.05) is 39.9 Å². The van der Waals surface area contributed by atoms with E-state index in [0.717, 1.165) is 5.56 Å². The molecule has 0 saturated carbocycles. The Labute approximate surface area is 136 Å². The van der Waals surface area contributed by atoms with Crippen LogP contribution < -0.4 is 0 Å². The van der Waals surface area contributed by atoms with Crippen LogP contribution >= 0.6 is 0 Å². The standard InChI is InChI=1S/C17H25FN2O3/c1-3-23-11-16(21)20-9-8-17(22,13-20)12-19(2)10-14-4-6-15(18)7-5-14/h4-7,22H,3,8-13H2,1-2H3/t17-/m1/s1. The van der Waals surface area contributed by atoms with Crippen molar-refractivity contribution in [3.63, 3.8) is 0 Å². The van der Waals surface area contributed by atoms with Gasteiger partial charge in [-0.25, -0.2) is 4.39 Å². The number of halogens is 1. The Bertz CT molecular complexity index is 523. The van der Waals surface area contributed by atoms with E-state index in [0.29, 0.717) is 39.2 Å². The first-order valence-corrected chi connectivity index (χ1v) is 7.93. The molecule has 1 aromatic rings. The quantitative estimate of drug-likeness (QED) is 0.820. The maximum absolute atomic E-state index is 12.9. The fourth-order valence-corrected chi connectivity index (χ4v) is 2.94. The molecule has 1 N–H and O–H groups in total. The number of ether oxygens (including phenoxy) is 1. The van der Waals surface area contributed by atoms with Crippen molar-refractivity contribution in [3.8, 4) is 0 Å². The molecule has 5 nitrogen and oxygen atoms in total. The molecule has 0 bridgehead atoms. The van der Waals surface area contributed by atoms with Crippen LogP contribution in [0.15, 0.2) is 24.3 Å². The van der Waals surface area contributed by atoms with Crippen LogP contribution in [0.4, 0.5) is 4.39 Å². The van der Waals surface area contributed by atoms with Crippen molar-refractivity contribution in [1.82, 2.24) is 9.80 Å². The van der Waals surface area contributed by atoms with Crippen molar-refractivity contribution in [2.45, 2.75) is 25.5 Å². The highest BCUT2D eigenvalue weighted by Crippen LogP contribution is 2.23. The zero-order valence-corrected chi connectivity index (χ0v) is 13.8. The number of hydrogen-bond donors (Lipinski definition) is 1. The molecular weight excluding hydrogens is 299 g/mol.